The molecule has 3 aromatic rings. The van der Waals surface area contributed by atoms with Crippen molar-refractivity contribution in [2.75, 3.05) is 6.54 Å². The van der Waals surface area contributed by atoms with E-state index in [1.54, 1.807) is 19.3 Å². The number of rotatable bonds is 3. The summed E-state index contributed by atoms with van der Waals surface area (Å²) in [5.41, 5.74) is 1.07. The summed E-state index contributed by atoms with van der Waals surface area (Å²) in [4.78, 5) is 38.0. The third kappa shape index (κ3) is 2.98. The molecule has 1 N–H and O–H groups in total. The van der Waals surface area contributed by atoms with Gasteiger partial charge in [0.05, 0.1) is 22.6 Å². The second-order valence-electron chi connectivity index (χ2n) is 6.41. The highest BCUT2D eigenvalue weighted by molar-refractivity contribution is 5.77. The molecule has 1 atom stereocenters. The zero-order valence-electron chi connectivity index (χ0n) is 14.0. The van der Waals surface area contributed by atoms with Crippen LogP contribution in [-0.4, -0.2) is 31.0 Å². The number of hydrogen-bond donors (Lipinski definition) is 1. The number of nitrogens with one attached hydrogen (secondary N) is 1. The van der Waals surface area contributed by atoms with Crippen molar-refractivity contribution in [3.05, 3.63) is 68.9 Å². The fourth-order valence-corrected chi connectivity index (χ4v) is 3.38. The van der Waals surface area contributed by atoms with Crippen molar-refractivity contribution in [2.45, 2.75) is 25.4 Å². The maximum absolute atomic E-state index is 12.3. The maximum atomic E-state index is 12.3. The Morgan fingerprint density at radius 2 is 2.04 bits per heavy atom. The molecule has 1 fully saturated rings. The molecule has 0 aliphatic carbocycles. The number of benzene rings is 1. The van der Waals surface area contributed by atoms with E-state index in [2.05, 4.69) is 19.9 Å². The predicted molar refractivity (Wildman–Crippen MR) is 94.2 cm³/mol. The van der Waals surface area contributed by atoms with Crippen LogP contribution in [0.15, 0.2) is 46.1 Å². The van der Waals surface area contributed by atoms with E-state index in [4.69, 9.17) is 0 Å². The van der Waals surface area contributed by atoms with E-state index in [1.807, 2.05) is 24.3 Å². The number of para-hydroxylation sites is 1. The molecular weight excluding hydrogens is 318 g/mol. The molecule has 1 aliphatic rings. The highest BCUT2D eigenvalue weighted by atomic mass is 16.1. The van der Waals surface area contributed by atoms with Crippen LogP contribution in [0.4, 0.5) is 0 Å². The van der Waals surface area contributed by atoms with E-state index in [-0.39, 0.29) is 17.3 Å². The van der Waals surface area contributed by atoms with Crippen molar-refractivity contribution < 1.29 is 0 Å². The molecule has 0 spiro atoms. The first kappa shape index (κ1) is 15.7. The van der Waals surface area contributed by atoms with Crippen molar-refractivity contribution in [1.82, 2.24) is 24.4 Å². The molecule has 25 heavy (non-hydrogen) atoms. The predicted octanol–water partition coefficient (Wildman–Crippen LogP) is 1.35. The first-order chi connectivity index (χ1) is 12.1. The van der Waals surface area contributed by atoms with Crippen LogP contribution in [0.5, 0.6) is 0 Å². The van der Waals surface area contributed by atoms with Gasteiger partial charge >= 0.3 is 5.69 Å². The molecule has 3 heterocycles. The Bertz CT molecular complexity index is 1040. The van der Waals surface area contributed by atoms with Crippen molar-refractivity contribution >= 4 is 10.9 Å². The standard InChI is InChI=1S/C18H19N5O2/c1-22-10-8-12(19-18(22)25)11-23-9-4-7-15(23)16-20-14-6-3-2-5-13(14)17(24)21-16/h2-3,5-6,8,10,15H,4,7,9,11H2,1H3,(H,20,21,24). The van der Waals surface area contributed by atoms with E-state index in [0.717, 1.165) is 25.1 Å². The molecule has 7 nitrogen and oxygen atoms in total. The highest BCUT2D eigenvalue weighted by Crippen LogP contribution is 2.30. The maximum Gasteiger partial charge on any atom is 0.347 e. The van der Waals surface area contributed by atoms with Gasteiger partial charge in [-0.1, -0.05) is 12.1 Å². The van der Waals surface area contributed by atoms with E-state index in [0.29, 0.717) is 23.3 Å². The molecule has 0 bridgehead atoms. The third-order valence-corrected chi connectivity index (χ3v) is 4.71. The Morgan fingerprint density at radius 1 is 1.20 bits per heavy atom. The average Bonchev–Trinajstić information content (AvgIpc) is 3.06. The molecule has 0 radical (unpaired) electrons. The molecule has 1 aromatic carbocycles. The third-order valence-electron chi connectivity index (χ3n) is 4.71. The van der Waals surface area contributed by atoms with Gasteiger partial charge in [-0.2, -0.15) is 4.98 Å². The zero-order valence-corrected chi connectivity index (χ0v) is 14.0. The summed E-state index contributed by atoms with van der Waals surface area (Å²) in [7, 11) is 1.68. The molecular formula is C18H19N5O2. The molecule has 7 heteroatoms. The summed E-state index contributed by atoms with van der Waals surface area (Å²) in [6.07, 6.45) is 3.67. The van der Waals surface area contributed by atoms with E-state index >= 15 is 0 Å². The summed E-state index contributed by atoms with van der Waals surface area (Å²) >= 11 is 0. The quantitative estimate of drug-likeness (QED) is 0.780. The Morgan fingerprint density at radius 3 is 2.88 bits per heavy atom. The number of aryl methyl sites for hydroxylation is 1. The van der Waals surface area contributed by atoms with Crippen LogP contribution in [0.1, 0.15) is 30.4 Å². The topological polar surface area (TPSA) is 83.9 Å². The summed E-state index contributed by atoms with van der Waals surface area (Å²) < 4.78 is 1.45. The largest absolute Gasteiger partial charge is 0.347 e. The van der Waals surface area contributed by atoms with E-state index < -0.39 is 0 Å². The van der Waals surface area contributed by atoms with Crippen molar-refractivity contribution in [1.29, 1.82) is 0 Å². The van der Waals surface area contributed by atoms with Crippen LogP contribution in [0.2, 0.25) is 0 Å². The fraction of sp³-hybridized carbons (Fsp3) is 0.333. The van der Waals surface area contributed by atoms with Gasteiger partial charge in [0.25, 0.3) is 5.56 Å². The zero-order chi connectivity index (χ0) is 17.4. The fourth-order valence-electron chi connectivity index (χ4n) is 3.38. The van der Waals surface area contributed by atoms with Crippen LogP contribution in [-0.2, 0) is 13.6 Å². The van der Waals surface area contributed by atoms with Crippen molar-refractivity contribution in [3.8, 4) is 0 Å². The number of nitrogens with zero attached hydrogens (tertiary/aromatic N) is 4. The normalized spacial score (nSPS) is 18.0. The smallest absolute Gasteiger partial charge is 0.309 e. The van der Waals surface area contributed by atoms with Gasteiger partial charge in [-0.3, -0.25) is 9.69 Å². The van der Waals surface area contributed by atoms with E-state index in [9.17, 15) is 9.59 Å². The van der Waals surface area contributed by atoms with Gasteiger partial charge in [-0.05, 0) is 37.6 Å². The summed E-state index contributed by atoms with van der Waals surface area (Å²) in [5.74, 6) is 0.685. The summed E-state index contributed by atoms with van der Waals surface area (Å²) in [6, 6.07) is 9.24. The SMILES string of the molecule is Cn1ccc(CN2CCCC2c2nc3ccccc3c(=O)[nH]2)nc1=O. The van der Waals surface area contributed by atoms with Gasteiger partial charge in [0.1, 0.15) is 5.82 Å². The Kier molecular flexibility index (Phi) is 3.93. The first-order valence-corrected chi connectivity index (χ1v) is 8.37. The van der Waals surface area contributed by atoms with Gasteiger partial charge in [0.2, 0.25) is 0 Å². The lowest BCUT2D eigenvalue weighted by Gasteiger charge is -2.23. The summed E-state index contributed by atoms with van der Waals surface area (Å²) in [5, 5.41) is 0.601. The average molecular weight is 337 g/mol. The lowest BCUT2D eigenvalue weighted by molar-refractivity contribution is 0.236. The van der Waals surface area contributed by atoms with Gasteiger partial charge in [0, 0.05) is 19.8 Å². The van der Waals surface area contributed by atoms with Crippen LogP contribution in [0.25, 0.3) is 10.9 Å². The monoisotopic (exact) mass is 337 g/mol. The number of fused-ring (bicyclic) bond motifs is 1. The van der Waals surface area contributed by atoms with Gasteiger partial charge in [0.15, 0.2) is 0 Å². The van der Waals surface area contributed by atoms with Crippen LogP contribution >= 0.6 is 0 Å². The molecule has 1 aliphatic heterocycles. The number of likely N-dealkylation sites (tertiary alicyclic amines) is 1. The second kappa shape index (κ2) is 6.25. The molecule has 0 saturated carbocycles. The summed E-state index contributed by atoms with van der Waals surface area (Å²) in [6.45, 7) is 1.45. The minimum Gasteiger partial charge on any atom is -0.309 e. The molecule has 1 unspecified atom stereocenters. The molecule has 128 valence electrons. The Hall–Kier alpha value is -2.80. The highest BCUT2D eigenvalue weighted by Gasteiger charge is 2.28. The Balaban J connectivity index is 1.66. The molecule has 1 saturated heterocycles. The molecule has 2 aromatic heterocycles. The van der Waals surface area contributed by atoms with Crippen LogP contribution < -0.4 is 11.2 Å². The lowest BCUT2D eigenvalue weighted by atomic mass is 10.2. The number of aromatic amines is 1. The van der Waals surface area contributed by atoms with Gasteiger partial charge < -0.3 is 9.55 Å². The minimum atomic E-state index is -0.259. The minimum absolute atomic E-state index is 0.0307. The number of hydrogen-bond acceptors (Lipinski definition) is 5. The van der Waals surface area contributed by atoms with Crippen molar-refractivity contribution in [3.63, 3.8) is 0 Å². The molecule has 4 rings (SSSR count). The van der Waals surface area contributed by atoms with Crippen LogP contribution in [0, 0.1) is 0 Å². The number of aromatic nitrogens is 4. The Labute approximate surface area is 144 Å². The second-order valence-corrected chi connectivity index (χ2v) is 6.41. The lowest BCUT2D eigenvalue weighted by Crippen LogP contribution is -2.28. The number of H-pyrrole nitrogens is 1. The van der Waals surface area contributed by atoms with Gasteiger partial charge in [-0.15, -0.1) is 0 Å². The first-order valence-electron chi connectivity index (χ1n) is 8.37. The molecule has 0 amide bonds. The van der Waals surface area contributed by atoms with E-state index in [1.165, 1.54) is 4.57 Å². The van der Waals surface area contributed by atoms with Crippen LogP contribution in [0.3, 0.4) is 0 Å². The van der Waals surface area contributed by atoms with Crippen molar-refractivity contribution in [2.24, 2.45) is 7.05 Å². The van der Waals surface area contributed by atoms with Gasteiger partial charge in [-0.25, -0.2) is 9.78 Å².